The predicted octanol–water partition coefficient (Wildman–Crippen LogP) is 2.44. The SMILES string of the molecule is CNc1cc(S(=O)(=O)N(C)C(C)Cc2cccs2)ccn1. The number of likely N-dealkylation sites (N-methyl/N-ethyl adjacent to an activating group) is 1. The number of pyridine rings is 1. The number of thiophene rings is 1. The third-order valence-corrected chi connectivity index (χ3v) is 6.23. The molecule has 1 atom stereocenters. The van der Waals surface area contributed by atoms with E-state index >= 15 is 0 Å². The van der Waals surface area contributed by atoms with Gasteiger partial charge in [0.15, 0.2) is 0 Å². The summed E-state index contributed by atoms with van der Waals surface area (Å²) >= 11 is 1.64. The van der Waals surface area contributed by atoms with E-state index in [1.807, 2.05) is 24.4 Å². The van der Waals surface area contributed by atoms with Gasteiger partial charge in [-0.3, -0.25) is 0 Å². The number of anilines is 1. The number of nitrogens with zero attached hydrogens (tertiary/aromatic N) is 2. The zero-order chi connectivity index (χ0) is 15.5. The van der Waals surface area contributed by atoms with Crippen molar-refractivity contribution in [2.24, 2.45) is 0 Å². The molecule has 0 bridgehead atoms. The zero-order valence-electron chi connectivity index (χ0n) is 12.3. The third-order valence-electron chi connectivity index (χ3n) is 3.36. The zero-order valence-corrected chi connectivity index (χ0v) is 13.9. The number of hydrogen-bond donors (Lipinski definition) is 1. The van der Waals surface area contributed by atoms with Crippen LogP contribution >= 0.6 is 11.3 Å². The second-order valence-electron chi connectivity index (χ2n) is 4.78. The molecule has 0 saturated heterocycles. The summed E-state index contributed by atoms with van der Waals surface area (Å²) in [5, 5.41) is 4.85. The summed E-state index contributed by atoms with van der Waals surface area (Å²) in [6, 6.07) is 6.95. The molecule has 2 rings (SSSR count). The molecule has 0 aliphatic heterocycles. The molecule has 2 aromatic heterocycles. The summed E-state index contributed by atoms with van der Waals surface area (Å²) < 4.78 is 26.7. The van der Waals surface area contributed by atoms with Gasteiger partial charge in [-0.2, -0.15) is 4.31 Å². The van der Waals surface area contributed by atoms with Gasteiger partial charge in [0.05, 0.1) is 4.90 Å². The topological polar surface area (TPSA) is 62.3 Å². The normalized spacial score (nSPS) is 13.3. The summed E-state index contributed by atoms with van der Waals surface area (Å²) in [5.41, 5.74) is 0. The maximum atomic E-state index is 12.6. The summed E-state index contributed by atoms with van der Waals surface area (Å²) in [6.45, 7) is 1.91. The van der Waals surface area contributed by atoms with Gasteiger partial charge in [-0.1, -0.05) is 6.07 Å². The summed E-state index contributed by atoms with van der Waals surface area (Å²) in [6.07, 6.45) is 2.20. The first-order valence-electron chi connectivity index (χ1n) is 6.59. The fourth-order valence-corrected chi connectivity index (χ4v) is 4.16. The first-order chi connectivity index (χ1) is 9.95. The van der Waals surface area contributed by atoms with Gasteiger partial charge in [0.1, 0.15) is 5.82 Å². The highest BCUT2D eigenvalue weighted by Gasteiger charge is 2.26. The second-order valence-corrected chi connectivity index (χ2v) is 7.81. The lowest BCUT2D eigenvalue weighted by Gasteiger charge is -2.24. The molecule has 0 spiro atoms. The van der Waals surface area contributed by atoms with Crippen LogP contribution < -0.4 is 5.32 Å². The number of nitrogens with one attached hydrogen (secondary N) is 1. The van der Waals surface area contributed by atoms with Crippen LogP contribution in [-0.2, 0) is 16.4 Å². The Morgan fingerprint density at radius 2 is 2.19 bits per heavy atom. The molecule has 7 heteroatoms. The Hall–Kier alpha value is -1.44. The van der Waals surface area contributed by atoms with Gasteiger partial charge in [0, 0.05) is 37.3 Å². The molecule has 114 valence electrons. The maximum Gasteiger partial charge on any atom is 0.243 e. The van der Waals surface area contributed by atoms with Crippen molar-refractivity contribution in [2.75, 3.05) is 19.4 Å². The first kappa shape index (κ1) is 15.9. The molecule has 0 fully saturated rings. The van der Waals surface area contributed by atoms with Crippen LogP contribution in [0.1, 0.15) is 11.8 Å². The first-order valence-corrected chi connectivity index (χ1v) is 8.91. The van der Waals surface area contributed by atoms with E-state index in [1.54, 1.807) is 31.5 Å². The van der Waals surface area contributed by atoms with Crippen LogP contribution in [0.5, 0.6) is 0 Å². The average molecular weight is 325 g/mol. The van der Waals surface area contributed by atoms with Crippen LogP contribution in [-0.4, -0.2) is 37.8 Å². The minimum absolute atomic E-state index is 0.111. The van der Waals surface area contributed by atoms with E-state index < -0.39 is 10.0 Å². The highest BCUT2D eigenvalue weighted by molar-refractivity contribution is 7.89. The Morgan fingerprint density at radius 1 is 1.43 bits per heavy atom. The Kier molecular flexibility index (Phi) is 4.97. The number of hydrogen-bond acceptors (Lipinski definition) is 5. The van der Waals surface area contributed by atoms with Gasteiger partial charge in [0.25, 0.3) is 0 Å². The Bertz CT molecular complexity index is 684. The van der Waals surface area contributed by atoms with Gasteiger partial charge in [-0.15, -0.1) is 11.3 Å². The van der Waals surface area contributed by atoms with Crippen molar-refractivity contribution in [3.8, 4) is 0 Å². The molecule has 2 aromatic rings. The maximum absolute atomic E-state index is 12.6. The molecule has 1 N–H and O–H groups in total. The van der Waals surface area contributed by atoms with Crippen LogP contribution in [0.25, 0.3) is 0 Å². The molecule has 0 aliphatic rings. The van der Waals surface area contributed by atoms with Crippen molar-refractivity contribution >= 4 is 27.2 Å². The van der Waals surface area contributed by atoms with Gasteiger partial charge in [-0.25, -0.2) is 13.4 Å². The van der Waals surface area contributed by atoms with Crippen molar-refractivity contribution in [1.29, 1.82) is 0 Å². The van der Waals surface area contributed by atoms with E-state index in [0.29, 0.717) is 12.2 Å². The van der Waals surface area contributed by atoms with Gasteiger partial charge in [-0.05, 0) is 30.9 Å². The van der Waals surface area contributed by atoms with Crippen molar-refractivity contribution in [3.63, 3.8) is 0 Å². The molecule has 0 aliphatic carbocycles. The standard InChI is InChI=1S/C14H19N3O2S2/c1-11(9-12-5-4-8-20-12)17(3)21(18,19)13-6-7-16-14(10-13)15-2/h4-8,10-11H,9H2,1-3H3,(H,15,16). The third kappa shape index (κ3) is 3.61. The van der Waals surface area contributed by atoms with Crippen molar-refractivity contribution in [3.05, 3.63) is 40.7 Å². The molecule has 2 heterocycles. The van der Waals surface area contributed by atoms with E-state index in [0.717, 1.165) is 0 Å². The Labute approximate surface area is 129 Å². The summed E-state index contributed by atoms with van der Waals surface area (Å²) in [5.74, 6) is 0.537. The van der Waals surface area contributed by atoms with Gasteiger partial charge in [0.2, 0.25) is 10.0 Å². The highest BCUT2D eigenvalue weighted by Crippen LogP contribution is 2.21. The van der Waals surface area contributed by atoms with Crippen molar-refractivity contribution < 1.29 is 8.42 Å². The number of sulfonamides is 1. The monoisotopic (exact) mass is 325 g/mol. The summed E-state index contributed by atoms with van der Waals surface area (Å²) in [4.78, 5) is 5.47. The Morgan fingerprint density at radius 3 is 2.81 bits per heavy atom. The van der Waals surface area contributed by atoms with Crippen LogP contribution in [0.2, 0.25) is 0 Å². The van der Waals surface area contributed by atoms with Gasteiger partial charge < -0.3 is 5.32 Å². The van der Waals surface area contributed by atoms with E-state index in [1.165, 1.54) is 21.4 Å². The average Bonchev–Trinajstić information content (AvgIpc) is 2.99. The molecular formula is C14H19N3O2S2. The van der Waals surface area contributed by atoms with Crippen LogP contribution in [0.15, 0.2) is 40.7 Å². The molecule has 21 heavy (non-hydrogen) atoms. The lowest BCUT2D eigenvalue weighted by atomic mass is 10.2. The van der Waals surface area contributed by atoms with Crippen LogP contribution in [0.4, 0.5) is 5.82 Å². The van der Waals surface area contributed by atoms with E-state index in [4.69, 9.17) is 0 Å². The lowest BCUT2D eigenvalue weighted by molar-refractivity contribution is 0.388. The number of rotatable bonds is 6. The molecule has 5 nitrogen and oxygen atoms in total. The minimum atomic E-state index is -3.52. The molecule has 1 unspecified atom stereocenters. The van der Waals surface area contributed by atoms with E-state index in [-0.39, 0.29) is 10.9 Å². The van der Waals surface area contributed by atoms with E-state index in [2.05, 4.69) is 10.3 Å². The fourth-order valence-electron chi connectivity index (χ4n) is 1.96. The summed E-state index contributed by atoms with van der Waals surface area (Å²) in [7, 11) is -0.188. The number of aromatic nitrogens is 1. The molecule has 0 radical (unpaired) electrons. The minimum Gasteiger partial charge on any atom is -0.373 e. The quantitative estimate of drug-likeness (QED) is 0.886. The predicted molar refractivity (Wildman–Crippen MR) is 86.2 cm³/mol. The molecular weight excluding hydrogens is 306 g/mol. The molecule has 0 aromatic carbocycles. The van der Waals surface area contributed by atoms with Crippen LogP contribution in [0.3, 0.4) is 0 Å². The smallest absolute Gasteiger partial charge is 0.243 e. The Balaban J connectivity index is 2.21. The van der Waals surface area contributed by atoms with Crippen molar-refractivity contribution in [2.45, 2.75) is 24.3 Å². The second kappa shape index (κ2) is 6.55. The lowest BCUT2D eigenvalue weighted by Crippen LogP contribution is -2.36. The largest absolute Gasteiger partial charge is 0.373 e. The van der Waals surface area contributed by atoms with E-state index in [9.17, 15) is 8.42 Å². The van der Waals surface area contributed by atoms with Crippen LogP contribution in [0, 0.1) is 0 Å². The molecule has 0 saturated carbocycles. The fraction of sp³-hybridized carbons (Fsp3) is 0.357. The van der Waals surface area contributed by atoms with Gasteiger partial charge >= 0.3 is 0 Å². The highest BCUT2D eigenvalue weighted by atomic mass is 32.2. The van der Waals surface area contributed by atoms with Crippen molar-refractivity contribution in [1.82, 2.24) is 9.29 Å². The molecule has 0 amide bonds.